The highest BCUT2D eigenvalue weighted by molar-refractivity contribution is 6.55. The number of carboxylic acids is 1. The predicted octanol–water partition coefficient (Wildman–Crippen LogP) is 3.20. The summed E-state index contributed by atoms with van der Waals surface area (Å²) in [5, 5.41) is 8.53. The molecule has 0 aromatic rings. The Morgan fingerprint density at radius 3 is 2.33 bits per heavy atom. The van der Waals surface area contributed by atoms with Gasteiger partial charge in [0.1, 0.15) is 4.49 Å². The number of allylic oxidation sites excluding steroid dienone is 1. The first-order chi connectivity index (χ1) is 5.33. The number of carboxylic acid groups (broad SMARTS) is 1. The van der Waals surface area contributed by atoms with E-state index in [0.717, 1.165) is 0 Å². The highest BCUT2D eigenvalue weighted by Gasteiger charge is 2.20. The van der Waals surface area contributed by atoms with Gasteiger partial charge in [-0.25, -0.2) is 0 Å². The van der Waals surface area contributed by atoms with E-state index in [-0.39, 0.29) is 16.3 Å². The van der Waals surface area contributed by atoms with Crippen LogP contribution in [-0.4, -0.2) is 11.1 Å². The summed E-state index contributed by atoms with van der Waals surface area (Å²) in [5.41, 5.74) is -0.291. The van der Waals surface area contributed by atoms with Gasteiger partial charge in [-0.05, 0) is 11.8 Å². The highest BCUT2D eigenvalue weighted by atomic mass is 35.5. The van der Waals surface area contributed by atoms with E-state index in [1.54, 1.807) is 6.08 Å². The van der Waals surface area contributed by atoms with Crippen LogP contribution in [0.15, 0.2) is 10.6 Å². The van der Waals surface area contributed by atoms with Gasteiger partial charge >= 0.3 is 5.97 Å². The maximum atomic E-state index is 10.4. The number of rotatable bonds is 4. The van der Waals surface area contributed by atoms with Crippen LogP contribution in [0.3, 0.4) is 0 Å². The molecule has 0 spiro atoms. The summed E-state index contributed by atoms with van der Waals surface area (Å²) in [6.07, 6.45) is 2.30. The Hall–Kier alpha value is -0.210. The molecular formula is C8H12Cl2O2. The third-order valence-electron chi connectivity index (χ3n) is 1.44. The van der Waals surface area contributed by atoms with Crippen LogP contribution in [0.25, 0.3) is 0 Å². The Morgan fingerprint density at radius 2 is 2.00 bits per heavy atom. The zero-order valence-corrected chi connectivity index (χ0v) is 8.61. The van der Waals surface area contributed by atoms with Gasteiger partial charge in [0.2, 0.25) is 0 Å². The van der Waals surface area contributed by atoms with Gasteiger partial charge in [0.05, 0.1) is 6.42 Å². The zero-order chi connectivity index (χ0) is 9.78. The molecule has 0 amide bonds. The molecule has 0 atom stereocenters. The van der Waals surface area contributed by atoms with Crippen molar-refractivity contribution in [2.45, 2.75) is 26.7 Å². The Bertz CT molecular complexity index is 193. The van der Waals surface area contributed by atoms with E-state index in [2.05, 4.69) is 0 Å². The van der Waals surface area contributed by atoms with Crippen molar-refractivity contribution in [1.82, 2.24) is 0 Å². The predicted molar refractivity (Wildman–Crippen MR) is 50.4 cm³/mol. The maximum absolute atomic E-state index is 10.4. The van der Waals surface area contributed by atoms with Crippen molar-refractivity contribution in [3.63, 3.8) is 0 Å². The molecule has 0 radical (unpaired) electrons. The van der Waals surface area contributed by atoms with Gasteiger partial charge in [0.15, 0.2) is 0 Å². The quantitative estimate of drug-likeness (QED) is 0.775. The molecule has 0 aliphatic heterocycles. The normalized spacial score (nSPS) is 11.0. The minimum atomic E-state index is -0.806. The molecule has 0 aromatic carbocycles. The first kappa shape index (κ1) is 11.8. The van der Waals surface area contributed by atoms with Crippen LogP contribution >= 0.6 is 23.2 Å². The number of hydrogen-bond donors (Lipinski definition) is 1. The Kier molecular flexibility index (Phi) is 4.64. The van der Waals surface area contributed by atoms with Crippen LogP contribution in [0.2, 0.25) is 0 Å². The van der Waals surface area contributed by atoms with E-state index >= 15 is 0 Å². The van der Waals surface area contributed by atoms with Gasteiger partial charge in [0, 0.05) is 0 Å². The molecule has 12 heavy (non-hydrogen) atoms. The lowest BCUT2D eigenvalue weighted by molar-refractivity contribution is -0.139. The summed E-state index contributed by atoms with van der Waals surface area (Å²) in [6, 6.07) is 0. The first-order valence-corrected chi connectivity index (χ1v) is 4.32. The molecule has 0 rings (SSSR count). The molecule has 0 saturated carbocycles. The largest absolute Gasteiger partial charge is 0.481 e. The maximum Gasteiger partial charge on any atom is 0.303 e. The van der Waals surface area contributed by atoms with Crippen molar-refractivity contribution in [2.75, 3.05) is 0 Å². The first-order valence-electron chi connectivity index (χ1n) is 3.56. The van der Waals surface area contributed by atoms with Crippen LogP contribution in [0.1, 0.15) is 26.7 Å². The summed E-state index contributed by atoms with van der Waals surface area (Å²) in [6.45, 7) is 3.71. The van der Waals surface area contributed by atoms with Crippen molar-refractivity contribution < 1.29 is 9.90 Å². The topological polar surface area (TPSA) is 37.3 Å². The fourth-order valence-electron chi connectivity index (χ4n) is 0.835. The summed E-state index contributed by atoms with van der Waals surface area (Å²) >= 11 is 10.8. The molecule has 70 valence electrons. The smallest absolute Gasteiger partial charge is 0.303 e. The standard InChI is InChI=1S/C8H12Cl2O2/c1-8(2,5-7(11)12)4-3-6(9)10/h3H,4-5H2,1-2H3,(H,11,12). The minimum absolute atomic E-state index is 0.116. The molecule has 0 saturated heterocycles. The Balaban J connectivity index is 4.04. The van der Waals surface area contributed by atoms with Crippen LogP contribution in [-0.2, 0) is 4.79 Å². The molecule has 0 aromatic heterocycles. The lowest BCUT2D eigenvalue weighted by Crippen LogP contribution is -2.15. The lowest BCUT2D eigenvalue weighted by atomic mass is 9.86. The van der Waals surface area contributed by atoms with Gasteiger partial charge in [-0.3, -0.25) is 4.79 Å². The average Bonchev–Trinajstić information content (AvgIpc) is 1.81. The summed E-state index contributed by atoms with van der Waals surface area (Å²) in [4.78, 5) is 10.4. The van der Waals surface area contributed by atoms with Crippen molar-refractivity contribution in [2.24, 2.45) is 5.41 Å². The third-order valence-corrected chi connectivity index (χ3v) is 1.75. The van der Waals surface area contributed by atoms with Crippen LogP contribution in [0, 0.1) is 5.41 Å². The van der Waals surface area contributed by atoms with Crippen molar-refractivity contribution in [3.05, 3.63) is 10.6 Å². The molecular weight excluding hydrogens is 199 g/mol. The molecule has 4 heteroatoms. The second-order valence-electron chi connectivity index (χ2n) is 3.43. The van der Waals surface area contributed by atoms with Crippen molar-refractivity contribution >= 4 is 29.2 Å². The van der Waals surface area contributed by atoms with Crippen molar-refractivity contribution in [1.29, 1.82) is 0 Å². The molecule has 0 unspecified atom stereocenters. The van der Waals surface area contributed by atoms with E-state index in [0.29, 0.717) is 6.42 Å². The van der Waals surface area contributed by atoms with Gasteiger partial charge in [-0.1, -0.05) is 43.1 Å². The summed E-state index contributed by atoms with van der Waals surface area (Å²) in [5.74, 6) is -0.806. The molecule has 2 nitrogen and oxygen atoms in total. The fraction of sp³-hybridized carbons (Fsp3) is 0.625. The van der Waals surface area contributed by atoms with Gasteiger partial charge in [-0.15, -0.1) is 0 Å². The molecule has 0 bridgehead atoms. The second-order valence-corrected chi connectivity index (χ2v) is 4.44. The number of hydrogen-bond acceptors (Lipinski definition) is 1. The van der Waals surface area contributed by atoms with Gasteiger partial charge in [-0.2, -0.15) is 0 Å². The van der Waals surface area contributed by atoms with Crippen molar-refractivity contribution in [3.8, 4) is 0 Å². The molecule has 0 fully saturated rings. The lowest BCUT2D eigenvalue weighted by Gasteiger charge is -2.19. The second kappa shape index (κ2) is 4.73. The number of halogens is 2. The fourth-order valence-corrected chi connectivity index (χ4v) is 0.989. The number of aliphatic carboxylic acids is 1. The molecule has 0 aliphatic carbocycles. The Labute approximate surface area is 82.2 Å². The van der Waals surface area contributed by atoms with Crippen LogP contribution < -0.4 is 0 Å². The van der Waals surface area contributed by atoms with E-state index < -0.39 is 5.97 Å². The van der Waals surface area contributed by atoms with E-state index in [4.69, 9.17) is 28.3 Å². The molecule has 1 N–H and O–H groups in total. The van der Waals surface area contributed by atoms with Crippen LogP contribution in [0.5, 0.6) is 0 Å². The van der Waals surface area contributed by atoms with Gasteiger partial charge < -0.3 is 5.11 Å². The minimum Gasteiger partial charge on any atom is -0.481 e. The summed E-state index contributed by atoms with van der Waals surface area (Å²) in [7, 11) is 0. The van der Waals surface area contributed by atoms with E-state index in [1.807, 2.05) is 13.8 Å². The average molecular weight is 211 g/mol. The summed E-state index contributed by atoms with van der Waals surface area (Å²) < 4.78 is 0.188. The third kappa shape index (κ3) is 6.50. The monoisotopic (exact) mass is 210 g/mol. The SMILES string of the molecule is CC(C)(CC=C(Cl)Cl)CC(=O)O. The van der Waals surface area contributed by atoms with E-state index in [9.17, 15) is 4.79 Å². The zero-order valence-electron chi connectivity index (χ0n) is 7.10. The highest BCUT2D eigenvalue weighted by Crippen LogP contribution is 2.27. The van der Waals surface area contributed by atoms with Gasteiger partial charge in [0.25, 0.3) is 0 Å². The Morgan fingerprint density at radius 1 is 1.50 bits per heavy atom. The molecule has 0 heterocycles. The van der Waals surface area contributed by atoms with E-state index in [1.165, 1.54) is 0 Å². The van der Waals surface area contributed by atoms with Crippen LogP contribution in [0.4, 0.5) is 0 Å². The molecule has 0 aliphatic rings. The number of carbonyl (C=O) groups is 1.